The van der Waals surface area contributed by atoms with Crippen LogP contribution in [0.4, 0.5) is 0 Å². The van der Waals surface area contributed by atoms with Gasteiger partial charge in [0.15, 0.2) is 5.96 Å². The second-order valence-corrected chi connectivity index (χ2v) is 5.68. The fraction of sp³-hybridized carbons (Fsp3) is 0.714. The summed E-state index contributed by atoms with van der Waals surface area (Å²) in [4.78, 5) is 18.3. The van der Waals surface area contributed by atoms with E-state index in [1.54, 1.807) is 13.1 Å². The van der Waals surface area contributed by atoms with Gasteiger partial charge in [-0.25, -0.2) is 0 Å². The fourth-order valence-electron chi connectivity index (χ4n) is 2.03. The average molecular weight is 395 g/mol. The number of hydrogen-bond donors (Lipinski definition) is 1. The van der Waals surface area contributed by atoms with E-state index >= 15 is 0 Å². The highest BCUT2D eigenvalue weighted by molar-refractivity contribution is 14.0. The number of carbonyl (C=O) groups is 1. The van der Waals surface area contributed by atoms with Gasteiger partial charge in [0.25, 0.3) is 0 Å². The van der Waals surface area contributed by atoms with Crippen molar-refractivity contribution < 1.29 is 9.53 Å². The molecular weight excluding hydrogens is 369 g/mol. The number of ether oxygens (including phenoxy) is 1. The third-order valence-electron chi connectivity index (χ3n) is 2.84. The number of carbonyl (C=O) groups excluding carboxylic acids is 1. The van der Waals surface area contributed by atoms with Crippen LogP contribution in [-0.4, -0.2) is 49.1 Å². The second kappa shape index (κ2) is 8.49. The molecule has 0 spiro atoms. The number of rotatable bonds is 3. The predicted octanol–water partition coefficient (Wildman–Crippen LogP) is 2.03. The summed E-state index contributed by atoms with van der Waals surface area (Å²) in [5.41, 5.74) is -0.423. The maximum atomic E-state index is 12.0. The third kappa shape index (κ3) is 6.11. The molecule has 1 saturated heterocycles. The van der Waals surface area contributed by atoms with Gasteiger partial charge in [-0.1, -0.05) is 6.08 Å². The summed E-state index contributed by atoms with van der Waals surface area (Å²) in [6.45, 7) is 11.5. The Bertz CT molecular complexity index is 364. The molecule has 0 aliphatic carbocycles. The van der Waals surface area contributed by atoms with Crippen LogP contribution in [0.2, 0.25) is 0 Å². The van der Waals surface area contributed by atoms with E-state index in [0.717, 1.165) is 18.9 Å². The van der Waals surface area contributed by atoms with Crippen LogP contribution in [0.3, 0.4) is 0 Å². The van der Waals surface area contributed by atoms with Crippen molar-refractivity contribution >= 4 is 35.9 Å². The van der Waals surface area contributed by atoms with Gasteiger partial charge in [-0.2, -0.15) is 0 Å². The first-order chi connectivity index (χ1) is 8.87. The molecule has 0 amide bonds. The van der Waals surface area contributed by atoms with Crippen LogP contribution in [-0.2, 0) is 9.53 Å². The zero-order valence-electron chi connectivity index (χ0n) is 12.8. The van der Waals surface area contributed by atoms with Gasteiger partial charge in [-0.05, 0) is 27.2 Å². The molecule has 1 aliphatic rings. The van der Waals surface area contributed by atoms with E-state index in [2.05, 4.69) is 21.8 Å². The molecular formula is C14H26IN3O2. The first-order valence-corrected chi connectivity index (χ1v) is 6.66. The Morgan fingerprint density at radius 1 is 1.55 bits per heavy atom. The first-order valence-electron chi connectivity index (χ1n) is 6.66. The normalized spacial score (nSPS) is 19.3. The van der Waals surface area contributed by atoms with E-state index in [9.17, 15) is 4.79 Å². The van der Waals surface area contributed by atoms with Gasteiger partial charge in [0, 0.05) is 26.7 Å². The zero-order chi connectivity index (χ0) is 14.5. The highest BCUT2D eigenvalue weighted by Gasteiger charge is 2.32. The van der Waals surface area contributed by atoms with Gasteiger partial charge in [0.1, 0.15) is 5.60 Å². The minimum absolute atomic E-state index is 0. The summed E-state index contributed by atoms with van der Waals surface area (Å²) in [6.07, 6.45) is 2.59. The molecule has 0 bridgehead atoms. The molecule has 1 N–H and O–H groups in total. The molecule has 116 valence electrons. The van der Waals surface area contributed by atoms with E-state index in [4.69, 9.17) is 4.74 Å². The molecule has 0 saturated carbocycles. The maximum absolute atomic E-state index is 12.0. The van der Waals surface area contributed by atoms with E-state index in [0.29, 0.717) is 13.1 Å². The number of nitrogens with one attached hydrogen (secondary N) is 1. The fourth-order valence-corrected chi connectivity index (χ4v) is 2.03. The lowest BCUT2D eigenvalue weighted by Gasteiger charge is -2.23. The Kier molecular flexibility index (Phi) is 8.15. The Morgan fingerprint density at radius 3 is 2.70 bits per heavy atom. The number of halogens is 1. The summed E-state index contributed by atoms with van der Waals surface area (Å²) in [7, 11) is 1.74. The molecule has 6 heteroatoms. The van der Waals surface area contributed by atoms with Crippen LogP contribution in [0, 0.1) is 5.92 Å². The lowest BCUT2D eigenvalue weighted by Crippen LogP contribution is -2.40. The molecule has 1 aliphatic heterocycles. The SMILES string of the molecule is C=CCNC(=NC)N1CCC(C(=O)OC(C)(C)C)C1.I. The summed E-state index contributed by atoms with van der Waals surface area (Å²) in [5.74, 6) is 0.627. The molecule has 5 nitrogen and oxygen atoms in total. The third-order valence-corrected chi connectivity index (χ3v) is 2.84. The number of aliphatic imine (C=N–C) groups is 1. The van der Waals surface area contributed by atoms with E-state index in [-0.39, 0.29) is 35.9 Å². The maximum Gasteiger partial charge on any atom is 0.311 e. The number of esters is 1. The largest absolute Gasteiger partial charge is 0.460 e. The van der Waals surface area contributed by atoms with Gasteiger partial charge >= 0.3 is 5.97 Å². The predicted molar refractivity (Wildman–Crippen MR) is 92.5 cm³/mol. The van der Waals surface area contributed by atoms with E-state index < -0.39 is 5.60 Å². The molecule has 1 atom stereocenters. The molecule has 0 radical (unpaired) electrons. The van der Waals surface area contributed by atoms with Gasteiger partial charge in [-0.3, -0.25) is 9.79 Å². The summed E-state index contributed by atoms with van der Waals surface area (Å²) in [6, 6.07) is 0. The van der Waals surface area contributed by atoms with Crippen molar-refractivity contribution in [3.8, 4) is 0 Å². The van der Waals surface area contributed by atoms with Crippen LogP contribution in [0.25, 0.3) is 0 Å². The molecule has 1 fully saturated rings. The standard InChI is InChI=1S/C14H25N3O2.HI/c1-6-8-16-13(15-5)17-9-7-11(10-17)12(18)19-14(2,3)4;/h6,11H,1,7-10H2,2-5H3,(H,15,16);1H. The molecule has 1 unspecified atom stereocenters. The van der Waals surface area contributed by atoms with Crippen molar-refractivity contribution in [2.75, 3.05) is 26.7 Å². The number of hydrogen-bond acceptors (Lipinski definition) is 3. The Hall–Kier alpha value is -0.790. The van der Waals surface area contributed by atoms with Crippen molar-refractivity contribution in [3.05, 3.63) is 12.7 Å². The van der Waals surface area contributed by atoms with Crippen molar-refractivity contribution in [1.82, 2.24) is 10.2 Å². The van der Waals surface area contributed by atoms with E-state index in [1.165, 1.54) is 0 Å². The molecule has 1 heterocycles. The molecule has 20 heavy (non-hydrogen) atoms. The highest BCUT2D eigenvalue weighted by atomic mass is 127. The van der Waals surface area contributed by atoms with Gasteiger partial charge in [-0.15, -0.1) is 30.6 Å². The Morgan fingerprint density at radius 2 is 2.20 bits per heavy atom. The van der Waals surface area contributed by atoms with Crippen LogP contribution in [0.1, 0.15) is 27.2 Å². The summed E-state index contributed by atoms with van der Waals surface area (Å²) in [5, 5.41) is 3.17. The Balaban J connectivity index is 0.00000361. The van der Waals surface area contributed by atoms with Crippen molar-refractivity contribution in [3.63, 3.8) is 0 Å². The minimum atomic E-state index is -0.423. The van der Waals surface area contributed by atoms with E-state index in [1.807, 2.05) is 20.8 Å². The van der Waals surface area contributed by atoms with Crippen LogP contribution in [0.15, 0.2) is 17.6 Å². The minimum Gasteiger partial charge on any atom is -0.460 e. The average Bonchev–Trinajstić information content (AvgIpc) is 2.77. The topological polar surface area (TPSA) is 53.9 Å². The quantitative estimate of drug-likeness (QED) is 0.261. The second-order valence-electron chi connectivity index (χ2n) is 5.68. The van der Waals surface area contributed by atoms with Gasteiger partial charge in [0.05, 0.1) is 5.92 Å². The number of likely N-dealkylation sites (tertiary alicyclic amines) is 1. The molecule has 0 aromatic heterocycles. The molecule has 0 aromatic carbocycles. The van der Waals surface area contributed by atoms with Crippen LogP contribution in [0.5, 0.6) is 0 Å². The monoisotopic (exact) mass is 395 g/mol. The summed E-state index contributed by atoms with van der Waals surface area (Å²) >= 11 is 0. The molecule has 0 aromatic rings. The lowest BCUT2D eigenvalue weighted by molar-refractivity contribution is -0.159. The van der Waals surface area contributed by atoms with Crippen molar-refractivity contribution in [2.24, 2.45) is 10.9 Å². The number of nitrogens with zero attached hydrogens (tertiary/aromatic N) is 2. The lowest BCUT2D eigenvalue weighted by atomic mass is 10.1. The summed E-state index contributed by atoms with van der Waals surface area (Å²) < 4.78 is 5.42. The van der Waals surface area contributed by atoms with Crippen molar-refractivity contribution in [1.29, 1.82) is 0 Å². The Labute approximate surface area is 138 Å². The van der Waals surface area contributed by atoms with Crippen LogP contribution < -0.4 is 5.32 Å². The van der Waals surface area contributed by atoms with Crippen LogP contribution >= 0.6 is 24.0 Å². The van der Waals surface area contributed by atoms with Crippen molar-refractivity contribution in [2.45, 2.75) is 32.8 Å². The van der Waals surface area contributed by atoms with Gasteiger partial charge in [0.2, 0.25) is 0 Å². The highest BCUT2D eigenvalue weighted by Crippen LogP contribution is 2.20. The first kappa shape index (κ1) is 19.2. The smallest absolute Gasteiger partial charge is 0.311 e. The molecule has 1 rings (SSSR count). The number of guanidine groups is 1. The van der Waals surface area contributed by atoms with Gasteiger partial charge < -0.3 is 15.0 Å². The zero-order valence-corrected chi connectivity index (χ0v) is 15.1.